The minimum atomic E-state index is 0.655. The average molecular weight is 237 g/mol. The molecule has 4 heteroatoms. The monoisotopic (exact) mass is 237 g/mol. The molecule has 1 aliphatic heterocycles. The lowest BCUT2D eigenvalue weighted by Crippen LogP contribution is -2.49. The molecule has 2 aliphatic rings. The summed E-state index contributed by atoms with van der Waals surface area (Å²) in [6.07, 6.45) is 2.71. The third-order valence-corrected chi connectivity index (χ3v) is 4.46. The van der Waals surface area contributed by atoms with Gasteiger partial charge in [-0.1, -0.05) is 0 Å². The lowest BCUT2D eigenvalue weighted by molar-refractivity contribution is 0.166. The van der Waals surface area contributed by atoms with Crippen LogP contribution in [0.2, 0.25) is 0 Å². The first-order valence-corrected chi connectivity index (χ1v) is 7.09. The zero-order valence-electron chi connectivity index (χ0n) is 9.78. The molecule has 1 atom stereocenters. The van der Waals surface area contributed by atoms with Crippen LogP contribution in [0.4, 0.5) is 0 Å². The molecule has 16 heavy (non-hydrogen) atoms. The Balaban J connectivity index is 1.70. The minimum absolute atomic E-state index is 0.655. The SMILES string of the molecule is C[C@H]1CNCCN1Cc1scnc1C1CC1. The molecule has 2 heterocycles. The van der Waals surface area contributed by atoms with Crippen LogP contribution in [0, 0.1) is 0 Å². The first-order chi connectivity index (χ1) is 7.84. The van der Waals surface area contributed by atoms with Crippen molar-refractivity contribution in [1.29, 1.82) is 0 Å². The molecule has 1 aromatic rings. The maximum atomic E-state index is 4.54. The van der Waals surface area contributed by atoms with Crippen molar-refractivity contribution in [3.8, 4) is 0 Å². The molecule has 1 N–H and O–H groups in total. The molecule has 0 unspecified atom stereocenters. The highest BCUT2D eigenvalue weighted by Gasteiger charge is 2.29. The molecule has 1 saturated heterocycles. The molecule has 3 nitrogen and oxygen atoms in total. The van der Waals surface area contributed by atoms with Crippen molar-refractivity contribution in [2.75, 3.05) is 19.6 Å². The van der Waals surface area contributed by atoms with Gasteiger partial charge in [0.1, 0.15) is 0 Å². The summed E-state index contributed by atoms with van der Waals surface area (Å²) in [5.74, 6) is 0.791. The number of nitrogens with one attached hydrogen (secondary N) is 1. The van der Waals surface area contributed by atoms with Gasteiger partial charge in [0, 0.05) is 43.0 Å². The van der Waals surface area contributed by atoms with E-state index in [1.54, 1.807) is 0 Å². The van der Waals surface area contributed by atoms with Crippen molar-refractivity contribution in [2.45, 2.75) is 38.3 Å². The molecule has 0 aromatic carbocycles. The zero-order valence-corrected chi connectivity index (χ0v) is 10.6. The lowest BCUT2D eigenvalue weighted by Gasteiger charge is -2.33. The number of thiazole rings is 1. The summed E-state index contributed by atoms with van der Waals surface area (Å²) in [7, 11) is 0. The molecular formula is C12H19N3S. The van der Waals surface area contributed by atoms with Gasteiger partial charge in [0.2, 0.25) is 0 Å². The van der Waals surface area contributed by atoms with Crippen LogP contribution in [0.5, 0.6) is 0 Å². The maximum Gasteiger partial charge on any atom is 0.0798 e. The van der Waals surface area contributed by atoms with Crippen LogP contribution in [-0.2, 0) is 6.54 Å². The van der Waals surface area contributed by atoms with Crippen molar-refractivity contribution in [2.24, 2.45) is 0 Å². The number of rotatable bonds is 3. The number of piperazine rings is 1. The first-order valence-electron chi connectivity index (χ1n) is 6.21. The van der Waals surface area contributed by atoms with E-state index in [4.69, 9.17) is 0 Å². The highest BCUT2D eigenvalue weighted by Crippen LogP contribution is 2.42. The first kappa shape index (κ1) is 10.7. The fourth-order valence-electron chi connectivity index (χ4n) is 2.39. The fraction of sp³-hybridized carbons (Fsp3) is 0.750. The Hall–Kier alpha value is -0.450. The van der Waals surface area contributed by atoms with Crippen molar-refractivity contribution < 1.29 is 0 Å². The Bertz CT molecular complexity index is 359. The van der Waals surface area contributed by atoms with Crippen LogP contribution in [0.15, 0.2) is 5.51 Å². The quantitative estimate of drug-likeness (QED) is 0.869. The summed E-state index contributed by atoms with van der Waals surface area (Å²) in [5, 5.41) is 3.44. The van der Waals surface area contributed by atoms with Gasteiger partial charge < -0.3 is 5.32 Å². The molecule has 2 fully saturated rings. The molecule has 1 aromatic heterocycles. The van der Waals surface area contributed by atoms with E-state index in [2.05, 4.69) is 22.1 Å². The minimum Gasteiger partial charge on any atom is -0.314 e. The highest BCUT2D eigenvalue weighted by molar-refractivity contribution is 7.09. The Morgan fingerprint density at radius 1 is 1.56 bits per heavy atom. The van der Waals surface area contributed by atoms with Crippen LogP contribution in [0.1, 0.15) is 36.3 Å². The third-order valence-electron chi connectivity index (χ3n) is 3.62. The number of hydrogen-bond acceptors (Lipinski definition) is 4. The van der Waals surface area contributed by atoms with E-state index < -0.39 is 0 Å². The van der Waals surface area contributed by atoms with Gasteiger partial charge in [-0.25, -0.2) is 4.98 Å². The summed E-state index contributed by atoms with van der Waals surface area (Å²) >= 11 is 1.84. The smallest absolute Gasteiger partial charge is 0.0798 e. The zero-order chi connectivity index (χ0) is 11.0. The standard InChI is InChI=1S/C12H19N3S/c1-9-6-13-4-5-15(9)7-11-12(10-2-3-10)14-8-16-11/h8-10,13H,2-7H2,1H3/t9-/m0/s1. The van der Waals surface area contributed by atoms with Crippen molar-refractivity contribution in [3.05, 3.63) is 16.1 Å². The van der Waals surface area contributed by atoms with Crippen molar-refractivity contribution in [3.63, 3.8) is 0 Å². The Labute approximate surface area is 101 Å². The van der Waals surface area contributed by atoms with Gasteiger partial charge in [0.05, 0.1) is 11.2 Å². The second-order valence-corrected chi connectivity index (χ2v) is 5.90. The molecule has 1 saturated carbocycles. The van der Waals surface area contributed by atoms with Gasteiger partial charge in [-0.15, -0.1) is 11.3 Å². The van der Waals surface area contributed by atoms with Gasteiger partial charge in [0.25, 0.3) is 0 Å². The van der Waals surface area contributed by atoms with Gasteiger partial charge in [-0.05, 0) is 19.8 Å². The van der Waals surface area contributed by atoms with Gasteiger partial charge in [-0.3, -0.25) is 4.90 Å². The molecule has 0 amide bonds. The fourth-order valence-corrected chi connectivity index (χ4v) is 3.26. The topological polar surface area (TPSA) is 28.2 Å². The molecular weight excluding hydrogens is 218 g/mol. The Morgan fingerprint density at radius 2 is 2.44 bits per heavy atom. The summed E-state index contributed by atoms with van der Waals surface area (Å²) in [6, 6.07) is 0.655. The van der Waals surface area contributed by atoms with E-state index in [9.17, 15) is 0 Å². The lowest BCUT2D eigenvalue weighted by atomic mass is 10.2. The van der Waals surface area contributed by atoms with Crippen LogP contribution in [0.3, 0.4) is 0 Å². The number of nitrogens with zero attached hydrogens (tertiary/aromatic N) is 2. The molecule has 1 aliphatic carbocycles. The number of aromatic nitrogens is 1. The van der Waals surface area contributed by atoms with E-state index in [1.165, 1.54) is 30.0 Å². The van der Waals surface area contributed by atoms with Gasteiger partial charge >= 0.3 is 0 Å². The van der Waals surface area contributed by atoms with Gasteiger partial charge in [-0.2, -0.15) is 0 Å². The molecule has 0 radical (unpaired) electrons. The summed E-state index contributed by atoms with van der Waals surface area (Å²) in [6.45, 7) is 6.84. The molecule has 0 spiro atoms. The summed E-state index contributed by atoms with van der Waals surface area (Å²) < 4.78 is 0. The molecule has 0 bridgehead atoms. The second-order valence-electron chi connectivity index (χ2n) is 4.96. The third kappa shape index (κ3) is 2.14. The van der Waals surface area contributed by atoms with Crippen molar-refractivity contribution in [1.82, 2.24) is 15.2 Å². The largest absolute Gasteiger partial charge is 0.314 e. The molecule has 3 rings (SSSR count). The van der Waals surface area contributed by atoms with Crippen LogP contribution < -0.4 is 5.32 Å². The predicted octanol–water partition coefficient (Wildman–Crippen LogP) is 1.81. The molecule has 88 valence electrons. The van der Waals surface area contributed by atoms with E-state index >= 15 is 0 Å². The summed E-state index contributed by atoms with van der Waals surface area (Å²) in [4.78, 5) is 8.63. The van der Waals surface area contributed by atoms with E-state index in [1.807, 2.05) is 16.8 Å². The van der Waals surface area contributed by atoms with E-state index in [-0.39, 0.29) is 0 Å². The maximum absolute atomic E-state index is 4.54. The van der Waals surface area contributed by atoms with Crippen molar-refractivity contribution >= 4 is 11.3 Å². The van der Waals surface area contributed by atoms with Crippen LogP contribution >= 0.6 is 11.3 Å². The van der Waals surface area contributed by atoms with Crippen LogP contribution in [-0.4, -0.2) is 35.6 Å². The number of hydrogen-bond donors (Lipinski definition) is 1. The second kappa shape index (κ2) is 4.43. The Morgan fingerprint density at radius 3 is 3.19 bits per heavy atom. The summed E-state index contributed by atoms with van der Waals surface area (Å²) in [5.41, 5.74) is 3.42. The average Bonchev–Trinajstić information content (AvgIpc) is 3.03. The normalized spacial score (nSPS) is 27.2. The predicted molar refractivity (Wildman–Crippen MR) is 66.8 cm³/mol. The van der Waals surface area contributed by atoms with Gasteiger partial charge in [0.15, 0.2) is 0 Å². The van der Waals surface area contributed by atoms with Crippen LogP contribution in [0.25, 0.3) is 0 Å². The van der Waals surface area contributed by atoms with E-state index in [0.717, 1.165) is 25.6 Å². The highest BCUT2D eigenvalue weighted by atomic mass is 32.1. The van der Waals surface area contributed by atoms with E-state index in [0.29, 0.717) is 6.04 Å². The Kier molecular flexibility index (Phi) is 2.96.